The number of nitrogens with zero attached hydrogens (tertiary/aromatic N) is 1. The summed E-state index contributed by atoms with van der Waals surface area (Å²) in [6, 6.07) is 23.8. The van der Waals surface area contributed by atoms with Gasteiger partial charge in [0.25, 0.3) is 15.9 Å². The summed E-state index contributed by atoms with van der Waals surface area (Å²) in [7, 11) is -2.22. The van der Waals surface area contributed by atoms with Crippen LogP contribution >= 0.6 is 0 Å². The fourth-order valence-corrected chi connectivity index (χ4v) is 3.67. The summed E-state index contributed by atoms with van der Waals surface area (Å²) in [5.74, 6) is -0.302. The number of benzene rings is 3. The largest absolute Gasteiger partial charge is 0.322 e. The molecule has 132 valence electrons. The Balaban J connectivity index is 1.86. The molecule has 3 aromatic carbocycles. The topological polar surface area (TPSA) is 66.5 Å². The number of hydrogen-bond acceptors (Lipinski definition) is 3. The van der Waals surface area contributed by atoms with E-state index in [1.807, 2.05) is 18.2 Å². The molecule has 5 nitrogen and oxygen atoms in total. The van der Waals surface area contributed by atoms with E-state index in [0.717, 1.165) is 0 Å². The number of nitrogens with one attached hydrogen (secondary N) is 1. The molecule has 0 aromatic heterocycles. The molecule has 0 atom stereocenters. The lowest BCUT2D eigenvalue weighted by Gasteiger charge is -2.20. The summed E-state index contributed by atoms with van der Waals surface area (Å²) in [5, 5.41) is 2.79. The number of carbonyl (C=O) groups is 1. The molecule has 0 spiro atoms. The van der Waals surface area contributed by atoms with Crippen LogP contribution in [-0.2, 0) is 10.0 Å². The molecule has 0 saturated heterocycles. The van der Waals surface area contributed by atoms with Crippen molar-refractivity contribution < 1.29 is 13.2 Å². The molecule has 6 heteroatoms. The maximum Gasteiger partial charge on any atom is 0.264 e. The van der Waals surface area contributed by atoms with Crippen molar-refractivity contribution in [2.75, 3.05) is 16.7 Å². The van der Waals surface area contributed by atoms with Crippen LogP contribution in [0.2, 0.25) is 0 Å². The monoisotopic (exact) mass is 366 g/mol. The highest BCUT2D eigenvalue weighted by Gasteiger charge is 2.21. The predicted octanol–water partition coefficient (Wildman–Crippen LogP) is 3.76. The highest BCUT2D eigenvalue weighted by Crippen LogP contribution is 2.23. The molecule has 1 amide bonds. The smallest absolute Gasteiger partial charge is 0.264 e. The fraction of sp³-hybridized carbons (Fsp3) is 0.0500. The highest BCUT2D eigenvalue weighted by atomic mass is 32.2. The van der Waals surface area contributed by atoms with E-state index in [9.17, 15) is 13.2 Å². The second-order valence-electron chi connectivity index (χ2n) is 5.66. The van der Waals surface area contributed by atoms with E-state index in [1.165, 1.54) is 23.5 Å². The van der Waals surface area contributed by atoms with E-state index in [4.69, 9.17) is 0 Å². The highest BCUT2D eigenvalue weighted by molar-refractivity contribution is 7.92. The first kappa shape index (κ1) is 17.7. The molecule has 0 saturated carbocycles. The number of para-hydroxylation sites is 1. The van der Waals surface area contributed by atoms with Crippen LogP contribution in [0, 0.1) is 0 Å². The molecule has 0 aliphatic rings. The first-order valence-corrected chi connectivity index (χ1v) is 9.43. The van der Waals surface area contributed by atoms with Gasteiger partial charge in [0, 0.05) is 18.3 Å². The van der Waals surface area contributed by atoms with Crippen LogP contribution in [0.3, 0.4) is 0 Å². The van der Waals surface area contributed by atoms with Gasteiger partial charge in [0.15, 0.2) is 0 Å². The lowest BCUT2D eigenvalue weighted by Crippen LogP contribution is -2.26. The van der Waals surface area contributed by atoms with Gasteiger partial charge in [-0.15, -0.1) is 0 Å². The van der Waals surface area contributed by atoms with Crippen molar-refractivity contribution in [1.29, 1.82) is 0 Å². The molecule has 26 heavy (non-hydrogen) atoms. The first-order chi connectivity index (χ1) is 12.5. The molecule has 0 aliphatic heterocycles. The number of rotatable bonds is 5. The van der Waals surface area contributed by atoms with Gasteiger partial charge in [-0.05, 0) is 42.5 Å². The molecule has 0 unspecified atom stereocenters. The van der Waals surface area contributed by atoms with Crippen molar-refractivity contribution in [3.05, 3.63) is 90.5 Å². The van der Waals surface area contributed by atoms with Crippen LogP contribution in [0.4, 0.5) is 11.4 Å². The lowest BCUT2D eigenvalue weighted by molar-refractivity contribution is 0.102. The van der Waals surface area contributed by atoms with Gasteiger partial charge in [-0.25, -0.2) is 8.42 Å². The number of hydrogen-bond donors (Lipinski definition) is 1. The number of sulfonamides is 1. The van der Waals surface area contributed by atoms with E-state index in [1.54, 1.807) is 54.6 Å². The Morgan fingerprint density at radius 1 is 0.846 bits per heavy atom. The van der Waals surface area contributed by atoms with Crippen molar-refractivity contribution in [1.82, 2.24) is 0 Å². The minimum Gasteiger partial charge on any atom is -0.322 e. The fourth-order valence-electron chi connectivity index (χ4n) is 2.46. The molecule has 0 radical (unpaired) electrons. The molecular formula is C20H18N2O3S. The van der Waals surface area contributed by atoms with E-state index < -0.39 is 10.0 Å². The van der Waals surface area contributed by atoms with Gasteiger partial charge >= 0.3 is 0 Å². The normalized spacial score (nSPS) is 11.0. The Labute approximate surface area is 153 Å². The molecule has 0 heterocycles. The Kier molecular flexibility index (Phi) is 5.04. The Morgan fingerprint density at radius 2 is 1.46 bits per heavy atom. The molecule has 1 N–H and O–H groups in total. The third-order valence-electron chi connectivity index (χ3n) is 3.91. The molecule has 0 aliphatic carbocycles. The molecule has 3 aromatic rings. The van der Waals surface area contributed by atoms with Crippen molar-refractivity contribution in [2.24, 2.45) is 0 Å². The van der Waals surface area contributed by atoms with Crippen molar-refractivity contribution in [2.45, 2.75) is 4.90 Å². The molecular weight excluding hydrogens is 348 g/mol. The number of anilines is 2. The van der Waals surface area contributed by atoms with Gasteiger partial charge in [-0.3, -0.25) is 9.10 Å². The van der Waals surface area contributed by atoms with Gasteiger partial charge < -0.3 is 5.32 Å². The van der Waals surface area contributed by atoms with E-state index in [-0.39, 0.29) is 10.8 Å². The summed E-state index contributed by atoms with van der Waals surface area (Å²) in [4.78, 5) is 12.6. The predicted molar refractivity (Wildman–Crippen MR) is 103 cm³/mol. The van der Waals surface area contributed by atoms with Gasteiger partial charge in [-0.1, -0.05) is 42.5 Å². The SMILES string of the molecule is CN(c1cccc(C(=O)Nc2ccccc2)c1)S(=O)(=O)c1ccccc1. The molecule has 3 rings (SSSR count). The third-order valence-corrected chi connectivity index (χ3v) is 5.70. The second kappa shape index (κ2) is 7.41. The van der Waals surface area contributed by atoms with E-state index in [2.05, 4.69) is 5.32 Å². The maximum atomic E-state index is 12.7. The molecule has 0 fully saturated rings. The first-order valence-electron chi connectivity index (χ1n) is 7.99. The summed E-state index contributed by atoms with van der Waals surface area (Å²) in [6.07, 6.45) is 0. The van der Waals surface area contributed by atoms with Crippen molar-refractivity contribution in [3.8, 4) is 0 Å². The lowest BCUT2D eigenvalue weighted by atomic mass is 10.2. The summed E-state index contributed by atoms with van der Waals surface area (Å²) in [5.41, 5.74) is 1.46. The zero-order valence-electron chi connectivity index (χ0n) is 14.2. The van der Waals surface area contributed by atoms with Gasteiger partial charge in [0.1, 0.15) is 0 Å². The van der Waals surface area contributed by atoms with Crippen molar-refractivity contribution >= 4 is 27.3 Å². The standard InChI is InChI=1S/C20H18N2O3S/c1-22(26(24,25)19-13-6-3-7-14-19)18-12-8-9-16(15-18)20(23)21-17-10-4-2-5-11-17/h2-15H,1H3,(H,21,23). The average Bonchev–Trinajstić information content (AvgIpc) is 2.69. The summed E-state index contributed by atoms with van der Waals surface area (Å²) >= 11 is 0. The Morgan fingerprint density at radius 3 is 2.12 bits per heavy atom. The second-order valence-corrected chi connectivity index (χ2v) is 7.63. The average molecular weight is 366 g/mol. The van der Waals surface area contributed by atoms with Gasteiger partial charge in [-0.2, -0.15) is 0 Å². The van der Waals surface area contributed by atoms with Gasteiger partial charge in [0.2, 0.25) is 0 Å². The minimum absolute atomic E-state index is 0.196. The summed E-state index contributed by atoms with van der Waals surface area (Å²) in [6.45, 7) is 0. The quantitative estimate of drug-likeness (QED) is 0.748. The van der Waals surface area contributed by atoms with E-state index in [0.29, 0.717) is 16.9 Å². The van der Waals surface area contributed by atoms with Crippen LogP contribution in [0.15, 0.2) is 89.8 Å². The van der Waals surface area contributed by atoms with Crippen LogP contribution in [0.25, 0.3) is 0 Å². The summed E-state index contributed by atoms with van der Waals surface area (Å²) < 4.78 is 26.6. The van der Waals surface area contributed by atoms with Crippen LogP contribution in [0.5, 0.6) is 0 Å². The zero-order valence-corrected chi connectivity index (χ0v) is 15.0. The van der Waals surface area contributed by atoms with E-state index >= 15 is 0 Å². The van der Waals surface area contributed by atoms with Gasteiger partial charge in [0.05, 0.1) is 10.6 Å². The van der Waals surface area contributed by atoms with Crippen molar-refractivity contribution in [3.63, 3.8) is 0 Å². The van der Waals surface area contributed by atoms with Crippen LogP contribution in [0.1, 0.15) is 10.4 Å². The third kappa shape index (κ3) is 3.75. The Bertz CT molecular complexity index is 1000. The van der Waals surface area contributed by atoms with Crippen LogP contribution in [-0.4, -0.2) is 21.4 Å². The maximum absolute atomic E-state index is 12.7. The Hall–Kier alpha value is -3.12. The molecule has 0 bridgehead atoms. The number of amides is 1. The van der Waals surface area contributed by atoms with Crippen LogP contribution < -0.4 is 9.62 Å². The number of carbonyl (C=O) groups excluding carboxylic acids is 1. The minimum atomic E-state index is -3.69. The zero-order chi connectivity index (χ0) is 18.6.